The maximum atomic E-state index is 13.3. The normalized spacial score (nSPS) is 11.2. The van der Waals surface area contributed by atoms with Gasteiger partial charge >= 0.3 is 0 Å². The van der Waals surface area contributed by atoms with Crippen LogP contribution in [-0.2, 0) is 13.1 Å². The fourth-order valence-electron chi connectivity index (χ4n) is 3.55. The number of nitrogens with zero attached hydrogens (tertiary/aromatic N) is 1. The van der Waals surface area contributed by atoms with Gasteiger partial charge < -0.3 is 13.7 Å². The van der Waals surface area contributed by atoms with E-state index in [1.165, 1.54) is 0 Å². The van der Waals surface area contributed by atoms with Crippen LogP contribution in [-0.4, -0.2) is 10.8 Å². The molecule has 5 aromatic rings. The Balaban J connectivity index is 1.49. The van der Waals surface area contributed by atoms with Crippen LogP contribution in [0.2, 0.25) is 0 Å². The Morgan fingerprint density at radius 3 is 2.00 bits per heavy atom. The Morgan fingerprint density at radius 2 is 1.31 bits per heavy atom. The summed E-state index contributed by atoms with van der Waals surface area (Å²) in [5, 5.41) is 1.94. The number of carbonyl (C=O) groups is 1. The minimum Gasteiger partial charge on any atom is -0.459 e. The third-order valence-electron chi connectivity index (χ3n) is 4.96. The van der Waals surface area contributed by atoms with Crippen molar-refractivity contribution >= 4 is 27.8 Å². The Kier molecular flexibility index (Phi) is 4.37. The number of amides is 1. The van der Waals surface area contributed by atoms with Crippen LogP contribution >= 0.6 is 0 Å². The number of carbonyl (C=O) groups excluding carboxylic acids is 1. The predicted molar refractivity (Wildman–Crippen MR) is 112 cm³/mol. The van der Waals surface area contributed by atoms with Crippen molar-refractivity contribution in [2.45, 2.75) is 13.1 Å². The lowest BCUT2D eigenvalue weighted by Crippen LogP contribution is -2.29. The molecule has 0 N–H and O–H groups in total. The summed E-state index contributed by atoms with van der Waals surface area (Å²) < 4.78 is 11.8. The van der Waals surface area contributed by atoms with Crippen LogP contribution in [0.5, 0.6) is 0 Å². The second-order valence-electron chi connectivity index (χ2n) is 7.05. The molecule has 0 saturated heterocycles. The number of benzene rings is 3. The maximum absolute atomic E-state index is 13.3. The summed E-state index contributed by atoms with van der Waals surface area (Å²) in [4.78, 5) is 15.1. The van der Waals surface area contributed by atoms with Gasteiger partial charge in [0.25, 0.3) is 5.91 Å². The third-order valence-corrected chi connectivity index (χ3v) is 4.96. The molecule has 5 rings (SSSR count). The highest BCUT2D eigenvalue weighted by atomic mass is 16.4. The lowest BCUT2D eigenvalue weighted by Gasteiger charge is -2.20. The Bertz CT molecular complexity index is 1220. The molecule has 0 aliphatic heterocycles. The molecule has 29 heavy (non-hydrogen) atoms. The second-order valence-corrected chi connectivity index (χ2v) is 7.05. The third kappa shape index (κ3) is 3.52. The molecule has 0 radical (unpaired) electrons. The van der Waals surface area contributed by atoms with Gasteiger partial charge in [-0.25, -0.2) is 0 Å². The smallest absolute Gasteiger partial charge is 0.290 e. The molecule has 4 nitrogen and oxygen atoms in total. The monoisotopic (exact) mass is 381 g/mol. The molecule has 142 valence electrons. The van der Waals surface area contributed by atoms with Crippen LogP contribution < -0.4 is 0 Å². The molecule has 0 aliphatic rings. The van der Waals surface area contributed by atoms with Crippen molar-refractivity contribution in [2.24, 2.45) is 0 Å². The summed E-state index contributed by atoms with van der Waals surface area (Å²) in [6.07, 6.45) is 0. The molecule has 0 saturated carbocycles. The first-order valence-electron chi connectivity index (χ1n) is 9.55. The van der Waals surface area contributed by atoms with Crippen LogP contribution in [0.25, 0.3) is 21.9 Å². The summed E-state index contributed by atoms with van der Waals surface area (Å²) in [6.45, 7) is 0.827. The number of furan rings is 2. The van der Waals surface area contributed by atoms with Crippen molar-refractivity contribution in [3.05, 3.63) is 108 Å². The van der Waals surface area contributed by atoms with Crippen LogP contribution in [0.3, 0.4) is 0 Å². The summed E-state index contributed by atoms with van der Waals surface area (Å²) in [6, 6.07) is 29.2. The second kappa shape index (κ2) is 7.32. The Morgan fingerprint density at radius 1 is 0.690 bits per heavy atom. The summed E-state index contributed by atoms with van der Waals surface area (Å²) in [5.41, 5.74) is 2.57. The van der Waals surface area contributed by atoms with E-state index in [0.717, 1.165) is 27.7 Å². The van der Waals surface area contributed by atoms with Crippen LogP contribution in [0.1, 0.15) is 21.9 Å². The first-order chi connectivity index (χ1) is 14.3. The first kappa shape index (κ1) is 17.3. The molecule has 2 heterocycles. The predicted octanol–water partition coefficient (Wildman–Crippen LogP) is 6.02. The SMILES string of the molecule is O=C(c1cc2ccccc2o1)N(Cc1ccccc1)Cc1cc2ccccc2o1. The molecule has 0 bridgehead atoms. The highest BCUT2D eigenvalue weighted by Crippen LogP contribution is 2.24. The van der Waals surface area contributed by atoms with Gasteiger partial charge in [0, 0.05) is 17.3 Å². The van der Waals surface area contributed by atoms with Crippen molar-refractivity contribution < 1.29 is 13.6 Å². The van der Waals surface area contributed by atoms with Crippen molar-refractivity contribution in [1.29, 1.82) is 0 Å². The van der Waals surface area contributed by atoms with Gasteiger partial charge in [0.15, 0.2) is 5.76 Å². The van der Waals surface area contributed by atoms with Gasteiger partial charge in [-0.3, -0.25) is 4.79 Å². The Hall–Kier alpha value is -3.79. The summed E-state index contributed by atoms with van der Waals surface area (Å²) in [7, 11) is 0. The molecule has 1 amide bonds. The van der Waals surface area contributed by atoms with Gasteiger partial charge in [-0.15, -0.1) is 0 Å². The molecule has 0 spiro atoms. The Labute approximate surface area is 168 Å². The average molecular weight is 381 g/mol. The molecule has 0 atom stereocenters. The van der Waals surface area contributed by atoms with Gasteiger partial charge in [0.2, 0.25) is 0 Å². The lowest BCUT2D eigenvalue weighted by atomic mass is 10.2. The number of rotatable bonds is 5. The lowest BCUT2D eigenvalue weighted by molar-refractivity contribution is 0.0688. The van der Waals surface area contributed by atoms with Crippen molar-refractivity contribution in [3.8, 4) is 0 Å². The fraction of sp³-hybridized carbons (Fsp3) is 0.0800. The van der Waals surface area contributed by atoms with E-state index >= 15 is 0 Å². The van der Waals surface area contributed by atoms with Crippen molar-refractivity contribution in [1.82, 2.24) is 4.90 Å². The highest BCUT2D eigenvalue weighted by Gasteiger charge is 2.22. The molecule has 4 heteroatoms. The van der Waals surface area contributed by atoms with E-state index in [1.807, 2.05) is 84.9 Å². The highest BCUT2D eigenvalue weighted by molar-refractivity contribution is 5.96. The van der Waals surface area contributed by atoms with Crippen LogP contribution in [0, 0.1) is 0 Å². The molecule has 0 unspecified atom stereocenters. The quantitative estimate of drug-likeness (QED) is 0.374. The molecule has 0 fully saturated rings. The molecular formula is C25H19NO3. The van der Waals surface area contributed by atoms with Gasteiger partial charge in [-0.1, -0.05) is 66.7 Å². The van der Waals surface area contributed by atoms with E-state index in [-0.39, 0.29) is 5.91 Å². The first-order valence-corrected chi connectivity index (χ1v) is 9.55. The van der Waals surface area contributed by atoms with E-state index < -0.39 is 0 Å². The average Bonchev–Trinajstić information content (AvgIpc) is 3.37. The molecule has 3 aromatic carbocycles. The summed E-state index contributed by atoms with van der Waals surface area (Å²) >= 11 is 0. The number of hydrogen-bond donors (Lipinski definition) is 0. The van der Waals surface area contributed by atoms with Crippen LogP contribution in [0.4, 0.5) is 0 Å². The molecule has 2 aromatic heterocycles. The number of hydrogen-bond acceptors (Lipinski definition) is 3. The zero-order valence-electron chi connectivity index (χ0n) is 15.7. The van der Waals surface area contributed by atoms with Crippen molar-refractivity contribution in [3.63, 3.8) is 0 Å². The van der Waals surface area contributed by atoms with E-state index in [0.29, 0.717) is 24.4 Å². The topological polar surface area (TPSA) is 46.6 Å². The molecule has 0 aliphatic carbocycles. The van der Waals surface area contributed by atoms with E-state index in [9.17, 15) is 4.79 Å². The maximum Gasteiger partial charge on any atom is 0.290 e. The van der Waals surface area contributed by atoms with Gasteiger partial charge in [0.05, 0.1) is 6.54 Å². The minimum absolute atomic E-state index is 0.162. The zero-order chi connectivity index (χ0) is 19.6. The van der Waals surface area contributed by atoms with Gasteiger partial charge in [-0.05, 0) is 29.8 Å². The van der Waals surface area contributed by atoms with E-state index in [2.05, 4.69) is 0 Å². The minimum atomic E-state index is -0.162. The van der Waals surface area contributed by atoms with Crippen LogP contribution in [0.15, 0.2) is 99.8 Å². The fourth-order valence-corrected chi connectivity index (χ4v) is 3.55. The number of fused-ring (bicyclic) bond motifs is 2. The van der Waals surface area contributed by atoms with Gasteiger partial charge in [-0.2, -0.15) is 0 Å². The van der Waals surface area contributed by atoms with Gasteiger partial charge in [0.1, 0.15) is 16.9 Å². The standard InChI is InChI=1S/C25H19NO3/c27-25(24-15-20-11-5-7-13-23(20)29-24)26(16-18-8-2-1-3-9-18)17-21-14-19-10-4-6-12-22(19)28-21/h1-15H,16-17H2. The largest absolute Gasteiger partial charge is 0.459 e. The molecular weight excluding hydrogens is 362 g/mol. The zero-order valence-corrected chi connectivity index (χ0v) is 15.7. The van der Waals surface area contributed by atoms with E-state index in [1.54, 1.807) is 11.0 Å². The number of para-hydroxylation sites is 2. The van der Waals surface area contributed by atoms with E-state index in [4.69, 9.17) is 8.83 Å². The summed E-state index contributed by atoms with van der Waals surface area (Å²) in [5.74, 6) is 0.912. The van der Waals surface area contributed by atoms with Crippen molar-refractivity contribution in [2.75, 3.05) is 0 Å².